The van der Waals surface area contributed by atoms with Gasteiger partial charge in [-0.25, -0.2) is 4.98 Å². The Kier molecular flexibility index (Phi) is 7.35. The van der Waals surface area contributed by atoms with Crippen LogP contribution in [0.25, 0.3) is 11.4 Å². The number of hydrogen-bond donors (Lipinski definition) is 0. The number of aryl methyl sites for hydroxylation is 1. The summed E-state index contributed by atoms with van der Waals surface area (Å²) in [6.07, 6.45) is 11.4. The lowest BCUT2D eigenvalue weighted by Crippen LogP contribution is -1.96. The van der Waals surface area contributed by atoms with E-state index in [1.54, 1.807) is 6.07 Å². The highest BCUT2D eigenvalue weighted by molar-refractivity contribution is 5.55. The second-order valence-corrected chi connectivity index (χ2v) is 6.08. The Morgan fingerprint density at radius 1 is 1.00 bits per heavy atom. The number of hydrogen-bond acceptors (Lipinski definition) is 3. The molecule has 1 aromatic heterocycles. The van der Waals surface area contributed by atoms with Crippen molar-refractivity contribution in [3.8, 4) is 17.5 Å². The summed E-state index contributed by atoms with van der Waals surface area (Å²) in [6.45, 7) is 2.24. The van der Waals surface area contributed by atoms with Crippen LogP contribution in [0.3, 0.4) is 0 Å². The van der Waals surface area contributed by atoms with Gasteiger partial charge in [0.25, 0.3) is 0 Å². The predicted octanol–water partition coefficient (Wildman–Crippen LogP) is 5.45. The summed E-state index contributed by atoms with van der Waals surface area (Å²) >= 11 is 0. The van der Waals surface area contributed by atoms with Crippen molar-refractivity contribution >= 4 is 0 Å². The van der Waals surface area contributed by atoms with Crippen LogP contribution in [0.1, 0.15) is 63.0 Å². The molecule has 1 aromatic carbocycles. The Morgan fingerprint density at radius 2 is 1.67 bits per heavy atom. The zero-order chi connectivity index (χ0) is 17.2. The van der Waals surface area contributed by atoms with E-state index in [0.29, 0.717) is 5.82 Å². The van der Waals surface area contributed by atoms with Crippen molar-refractivity contribution in [1.82, 2.24) is 9.97 Å². The van der Waals surface area contributed by atoms with E-state index >= 15 is 0 Å². The molecule has 4 heteroatoms. The Balaban J connectivity index is 1.83. The summed E-state index contributed by atoms with van der Waals surface area (Å²) in [4.78, 5) is 7.80. The van der Waals surface area contributed by atoms with Gasteiger partial charge in [-0.05, 0) is 18.4 Å². The largest absolute Gasteiger partial charge is 0.235 e. The number of halogens is 1. The smallest absolute Gasteiger partial charge is 0.234 e. The minimum Gasteiger partial charge on any atom is -0.235 e. The number of nitriles is 1. The van der Waals surface area contributed by atoms with Crippen LogP contribution >= 0.6 is 0 Å². The Bertz CT molecular complexity index is 674. The van der Waals surface area contributed by atoms with Gasteiger partial charge in [0, 0.05) is 5.56 Å². The van der Waals surface area contributed by atoms with Crippen molar-refractivity contribution < 1.29 is 4.39 Å². The maximum Gasteiger partial charge on any atom is 0.234 e. The van der Waals surface area contributed by atoms with Crippen LogP contribution in [0.2, 0.25) is 0 Å². The molecule has 0 amide bonds. The summed E-state index contributed by atoms with van der Waals surface area (Å²) < 4.78 is 13.6. The van der Waals surface area contributed by atoms with E-state index in [1.165, 1.54) is 56.7 Å². The van der Waals surface area contributed by atoms with Crippen LogP contribution in [-0.2, 0) is 6.42 Å². The SMILES string of the molecule is CCCCCCCCCc1ccc(-c2ncc(C#N)c(F)n2)cc1. The first-order valence-electron chi connectivity index (χ1n) is 8.76. The van der Waals surface area contributed by atoms with Gasteiger partial charge >= 0.3 is 0 Å². The van der Waals surface area contributed by atoms with E-state index in [-0.39, 0.29) is 5.56 Å². The molecule has 3 nitrogen and oxygen atoms in total. The normalized spacial score (nSPS) is 10.5. The van der Waals surface area contributed by atoms with E-state index in [9.17, 15) is 4.39 Å². The van der Waals surface area contributed by atoms with Crippen LogP contribution in [0.5, 0.6) is 0 Å². The molecule has 24 heavy (non-hydrogen) atoms. The van der Waals surface area contributed by atoms with E-state index in [4.69, 9.17) is 5.26 Å². The summed E-state index contributed by atoms with van der Waals surface area (Å²) in [5, 5.41) is 8.71. The first-order valence-corrected chi connectivity index (χ1v) is 8.76. The lowest BCUT2D eigenvalue weighted by Gasteiger charge is -2.05. The van der Waals surface area contributed by atoms with Gasteiger partial charge in [0.1, 0.15) is 11.6 Å². The molecule has 0 saturated heterocycles. The lowest BCUT2D eigenvalue weighted by atomic mass is 10.0. The minimum atomic E-state index is -0.769. The van der Waals surface area contributed by atoms with Gasteiger partial charge in [-0.1, -0.05) is 69.7 Å². The van der Waals surface area contributed by atoms with E-state index < -0.39 is 5.95 Å². The average Bonchev–Trinajstić information content (AvgIpc) is 2.61. The Morgan fingerprint density at radius 3 is 2.29 bits per heavy atom. The molecule has 0 spiro atoms. The highest BCUT2D eigenvalue weighted by Crippen LogP contribution is 2.18. The predicted molar refractivity (Wildman–Crippen MR) is 93.8 cm³/mol. The molecule has 0 N–H and O–H groups in total. The average molecular weight is 325 g/mol. The van der Waals surface area contributed by atoms with Gasteiger partial charge in [0.2, 0.25) is 5.95 Å². The topological polar surface area (TPSA) is 49.6 Å². The molecule has 126 valence electrons. The maximum atomic E-state index is 13.6. The molecule has 0 aliphatic heterocycles. The number of benzene rings is 1. The summed E-state index contributed by atoms with van der Waals surface area (Å²) in [5.41, 5.74) is 1.91. The summed E-state index contributed by atoms with van der Waals surface area (Å²) in [5.74, 6) is -0.455. The van der Waals surface area contributed by atoms with E-state index in [0.717, 1.165) is 12.0 Å². The lowest BCUT2D eigenvalue weighted by molar-refractivity contribution is 0.577. The second kappa shape index (κ2) is 9.77. The molecule has 2 rings (SSSR count). The maximum absolute atomic E-state index is 13.6. The molecule has 0 bridgehead atoms. The molecule has 0 radical (unpaired) electrons. The second-order valence-electron chi connectivity index (χ2n) is 6.08. The van der Waals surface area contributed by atoms with E-state index in [2.05, 4.69) is 16.9 Å². The fourth-order valence-electron chi connectivity index (χ4n) is 2.68. The van der Waals surface area contributed by atoms with Gasteiger partial charge in [-0.3, -0.25) is 0 Å². The molecular weight excluding hydrogens is 301 g/mol. The minimum absolute atomic E-state index is 0.130. The number of rotatable bonds is 9. The summed E-state index contributed by atoms with van der Waals surface area (Å²) in [6, 6.07) is 9.65. The fraction of sp³-hybridized carbons (Fsp3) is 0.450. The molecule has 0 saturated carbocycles. The quantitative estimate of drug-likeness (QED) is 0.455. The third-order valence-corrected chi connectivity index (χ3v) is 4.14. The van der Waals surface area contributed by atoms with Gasteiger partial charge in [-0.2, -0.15) is 14.6 Å². The van der Waals surface area contributed by atoms with Crippen molar-refractivity contribution in [3.05, 3.63) is 47.5 Å². The van der Waals surface area contributed by atoms with Crippen molar-refractivity contribution in [2.24, 2.45) is 0 Å². The van der Waals surface area contributed by atoms with Crippen LogP contribution in [0, 0.1) is 17.3 Å². The zero-order valence-corrected chi connectivity index (χ0v) is 14.3. The molecule has 0 unspecified atom stereocenters. The van der Waals surface area contributed by atoms with Crippen molar-refractivity contribution in [2.75, 3.05) is 0 Å². The molecule has 0 aliphatic carbocycles. The number of aromatic nitrogens is 2. The van der Waals surface area contributed by atoms with Crippen molar-refractivity contribution in [1.29, 1.82) is 5.26 Å². The molecule has 0 aliphatic rings. The van der Waals surface area contributed by atoms with E-state index in [1.807, 2.05) is 24.3 Å². The highest BCUT2D eigenvalue weighted by atomic mass is 19.1. The standard InChI is InChI=1S/C20H24FN3/c1-2-3-4-5-6-7-8-9-16-10-12-17(13-11-16)20-23-15-18(14-22)19(21)24-20/h10-13,15H,2-9H2,1H3. The third-order valence-electron chi connectivity index (χ3n) is 4.14. The van der Waals surface area contributed by atoms with Crippen molar-refractivity contribution in [2.45, 2.75) is 58.3 Å². The summed E-state index contributed by atoms with van der Waals surface area (Å²) in [7, 11) is 0. The zero-order valence-electron chi connectivity index (χ0n) is 14.3. The van der Waals surface area contributed by atoms with Crippen molar-refractivity contribution in [3.63, 3.8) is 0 Å². The number of unbranched alkanes of at least 4 members (excludes halogenated alkanes) is 6. The molecular formula is C20H24FN3. The Hall–Kier alpha value is -2.28. The molecule has 1 heterocycles. The molecule has 0 atom stereocenters. The number of nitrogens with zero attached hydrogens (tertiary/aromatic N) is 3. The van der Waals surface area contributed by atoms with Gasteiger partial charge in [-0.15, -0.1) is 0 Å². The molecule has 2 aromatic rings. The van der Waals surface area contributed by atoms with Gasteiger partial charge in [0.15, 0.2) is 5.82 Å². The van der Waals surface area contributed by atoms with Crippen LogP contribution in [-0.4, -0.2) is 9.97 Å². The molecule has 0 fully saturated rings. The van der Waals surface area contributed by atoms with Gasteiger partial charge < -0.3 is 0 Å². The van der Waals surface area contributed by atoms with Crippen LogP contribution < -0.4 is 0 Å². The fourth-order valence-corrected chi connectivity index (χ4v) is 2.68. The Labute approximate surface area is 143 Å². The first kappa shape index (κ1) is 18.1. The third kappa shape index (κ3) is 5.42. The van der Waals surface area contributed by atoms with Crippen LogP contribution in [0.4, 0.5) is 4.39 Å². The highest BCUT2D eigenvalue weighted by Gasteiger charge is 2.07. The monoisotopic (exact) mass is 325 g/mol. The van der Waals surface area contributed by atoms with Gasteiger partial charge in [0.05, 0.1) is 6.20 Å². The van der Waals surface area contributed by atoms with Crippen LogP contribution in [0.15, 0.2) is 30.5 Å². The first-order chi connectivity index (χ1) is 11.7.